The Kier molecular flexibility index (Phi) is 5.40. The number of hydrogen-bond acceptors (Lipinski definition) is 5. The number of carbonyl (C=O) groups is 4. The molecule has 1 atom stereocenters. The number of carboxylic acid groups (broad SMARTS) is 4. The predicted octanol–water partition coefficient (Wildman–Crippen LogP) is -1.36. The highest BCUT2D eigenvalue weighted by atomic mass is 31.2. The molecule has 12 heteroatoms. The monoisotopic (exact) mass is 314 g/mol. The van der Waals surface area contributed by atoms with Crippen molar-refractivity contribution in [1.29, 1.82) is 0 Å². The fourth-order valence-corrected chi connectivity index (χ4v) is 2.46. The zero-order chi connectivity index (χ0) is 16.3. The minimum absolute atomic E-state index is 1.57. The van der Waals surface area contributed by atoms with Gasteiger partial charge in [-0.3, -0.25) is 23.7 Å². The molecule has 0 fully saturated rings. The summed E-state index contributed by atoms with van der Waals surface area (Å²) in [4.78, 5) is 61.1. The Hall–Kier alpha value is -1.97. The quantitative estimate of drug-likeness (QED) is 0.227. The van der Waals surface area contributed by atoms with Gasteiger partial charge in [-0.2, -0.15) is 0 Å². The van der Waals surface area contributed by atoms with E-state index in [1.165, 1.54) is 0 Å². The maximum atomic E-state index is 11.3. The molecule has 6 N–H and O–H groups in total. The Morgan fingerprint density at radius 2 is 1.35 bits per heavy atom. The van der Waals surface area contributed by atoms with Crippen molar-refractivity contribution in [2.45, 2.75) is 18.0 Å². The summed E-state index contributed by atoms with van der Waals surface area (Å²) >= 11 is 0. The maximum Gasteiger partial charge on any atom is 0.343 e. The molecule has 0 spiro atoms. The third-order valence-electron chi connectivity index (χ3n) is 2.54. The minimum atomic E-state index is -5.66. The highest BCUT2D eigenvalue weighted by Crippen LogP contribution is 2.56. The van der Waals surface area contributed by atoms with Gasteiger partial charge in [-0.05, 0) is 6.42 Å². The van der Waals surface area contributed by atoms with E-state index < -0.39 is 55.4 Å². The Labute approximate surface area is 110 Å². The molecule has 114 valence electrons. The van der Waals surface area contributed by atoms with Crippen LogP contribution in [0.4, 0.5) is 0 Å². The van der Waals surface area contributed by atoms with E-state index in [4.69, 9.17) is 30.2 Å². The Bertz CT molecular complexity index is 477. The summed E-state index contributed by atoms with van der Waals surface area (Å²) in [5.74, 6) is -10.8. The molecular formula is C8H11O11P. The number of hydrogen-bond donors (Lipinski definition) is 6. The third-order valence-corrected chi connectivity index (χ3v) is 4.18. The van der Waals surface area contributed by atoms with Gasteiger partial charge >= 0.3 is 31.5 Å². The van der Waals surface area contributed by atoms with Crippen molar-refractivity contribution in [3.8, 4) is 0 Å². The summed E-state index contributed by atoms with van der Waals surface area (Å²) in [5.41, 5.74) is 0. The molecule has 0 radical (unpaired) electrons. The van der Waals surface area contributed by atoms with Gasteiger partial charge in [0.1, 0.15) is 0 Å². The molecule has 0 aromatic rings. The van der Waals surface area contributed by atoms with Crippen LogP contribution in [0, 0.1) is 5.92 Å². The molecule has 0 aromatic carbocycles. The van der Waals surface area contributed by atoms with Crippen LogP contribution < -0.4 is 0 Å². The average molecular weight is 314 g/mol. The van der Waals surface area contributed by atoms with E-state index in [0.717, 1.165) is 0 Å². The van der Waals surface area contributed by atoms with Gasteiger partial charge in [0.25, 0.3) is 0 Å². The first-order chi connectivity index (χ1) is 8.85. The molecular weight excluding hydrogens is 303 g/mol. The van der Waals surface area contributed by atoms with Crippen LogP contribution in [0.1, 0.15) is 12.8 Å². The van der Waals surface area contributed by atoms with Crippen LogP contribution in [0.5, 0.6) is 0 Å². The summed E-state index contributed by atoms with van der Waals surface area (Å²) in [6.45, 7) is 0. The van der Waals surface area contributed by atoms with Crippen molar-refractivity contribution in [2.75, 3.05) is 0 Å². The van der Waals surface area contributed by atoms with Crippen LogP contribution in [0.3, 0.4) is 0 Å². The summed E-state index contributed by atoms with van der Waals surface area (Å²) in [6, 6.07) is 0. The molecule has 0 aliphatic heterocycles. The minimum Gasteiger partial charge on any atom is -0.481 e. The first kappa shape index (κ1) is 18.0. The van der Waals surface area contributed by atoms with E-state index in [1.54, 1.807) is 0 Å². The van der Waals surface area contributed by atoms with E-state index in [9.17, 15) is 23.7 Å². The van der Waals surface area contributed by atoms with Gasteiger partial charge < -0.3 is 30.2 Å². The largest absolute Gasteiger partial charge is 0.481 e. The van der Waals surface area contributed by atoms with Crippen molar-refractivity contribution in [3.63, 3.8) is 0 Å². The molecule has 0 saturated carbocycles. The van der Waals surface area contributed by atoms with Crippen LogP contribution in [-0.2, 0) is 23.7 Å². The van der Waals surface area contributed by atoms with Crippen molar-refractivity contribution >= 4 is 31.5 Å². The summed E-state index contributed by atoms with van der Waals surface area (Å²) in [6.07, 6.45) is -3.19. The van der Waals surface area contributed by atoms with Crippen LogP contribution >= 0.6 is 7.60 Å². The standard InChI is InChI=1S/C8H11O11P/c9-4(10)2-8(7(15)16,20(17,18)19)1-3(5(11)12)6(13)14/h3H,1-2H2,(H,9,10)(H,11,12)(H,13,14)(H,15,16)(H2,17,18,19). The van der Waals surface area contributed by atoms with E-state index >= 15 is 0 Å². The van der Waals surface area contributed by atoms with E-state index in [0.29, 0.717) is 0 Å². The van der Waals surface area contributed by atoms with Crippen molar-refractivity contribution < 1.29 is 54.0 Å². The predicted molar refractivity (Wildman–Crippen MR) is 58.0 cm³/mol. The molecule has 1 unspecified atom stereocenters. The number of carboxylic acids is 4. The highest BCUT2D eigenvalue weighted by molar-refractivity contribution is 7.54. The summed E-state index contributed by atoms with van der Waals surface area (Å²) in [7, 11) is -5.66. The molecule has 11 nitrogen and oxygen atoms in total. The van der Waals surface area contributed by atoms with Crippen LogP contribution in [0.2, 0.25) is 0 Å². The van der Waals surface area contributed by atoms with E-state index in [-0.39, 0.29) is 0 Å². The van der Waals surface area contributed by atoms with Gasteiger partial charge in [0.15, 0.2) is 11.1 Å². The van der Waals surface area contributed by atoms with Gasteiger partial charge in [0.2, 0.25) is 0 Å². The first-order valence-corrected chi connectivity index (χ1v) is 6.43. The fourth-order valence-electron chi connectivity index (χ4n) is 1.45. The molecule has 0 aliphatic rings. The number of aliphatic carboxylic acids is 4. The zero-order valence-electron chi connectivity index (χ0n) is 9.66. The van der Waals surface area contributed by atoms with E-state index in [2.05, 4.69) is 0 Å². The lowest BCUT2D eigenvalue weighted by molar-refractivity contribution is -0.157. The second kappa shape index (κ2) is 5.99. The second-order valence-electron chi connectivity index (χ2n) is 3.88. The van der Waals surface area contributed by atoms with Crippen LogP contribution in [-0.4, -0.2) is 59.2 Å². The Balaban J connectivity index is 5.92. The number of rotatable bonds is 8. The van der Waals surface area contributed by atoms with Gasteiger partial charge in [-0.25, -0.2) is 0 Å². The van der Waals surface area contributed by atoms with Crippen LogP contribution in [0.15, 0.2) is 0 Å². The van der Waals surface area contributed by atoms with Crippen molar-refractivity contribution in [3.05, 3.63) is 0 Å². The lowest BCUT2D eigenvalue weighted by atomic mass is 9.91. The molecule has 0 amide bonds. The molecule has 0 aliphatic carbocycles. The topological polar surface area (TPSA) is 207 Å². The Morgan fingerprint density at radius 3 is 1.55 bits per heavy atom. The van der Waals surface area contributed by atoms with E-state index in [1.807, 2.05) is 0 Å². The summed E-state index contributed by atoms with van der Waals surface area (Å²) < 4.78 is 11.3. The molecule has 0 bridgehead atoms. The fraction of sp³-hybridized carbons (Fsp3) is 0.500. The zero-order valence-corrected chi connectivity index (χ0v) is 10.6. The SMILES string of the molecule is O=C(O)CC(CC(C(=O)O)C(=O)O)(C(=O)O)P(=O)(O)O. The Morgan fingerprint density at radius 1 is 0.950 bits per heavy atom. The molecule has 0 rings (SSSR count). The summed E-state index contributed by atoms with van der Waals surface area (Å²) in [5, 5.41) is 31.3. The van der Waals surface area contributed by atoms with Gasteiger partial charge in [-0.15, -0.1) is 0 Å². The first-order valence-electron chi connectivity index (χ1n) is 4.81. The maximum absolute atomic E-state index is 11.3. The second-order valence-corrected chi connectivity index (χ2v) is 5.83. The lowest BCUT2D eigenvalue weighted by Crippen LogP contribution is -2.45. The van der Waals surface area contributed by atoms with Crippen molar-refractivity contribution in [2.24, 2.45) is 5.92 Å². The average Bonchev–Trinajstić information content (AvgIpc) is 2.19. The normalized spacial score (nSPS) is 14.6. The molecule has 20 heavy (non-hydrogen) atoms. The molecule has 0 aromatic heterocycles. The highest BCUT2D eigenvalue weighted by Gasteiger charge is 2.58. The van der Waals surface area contributed by atoms with Crippen LogP contribution in [0.25, 0.3) is 0 Å². The van der Waals surface area contributed by atoms with Gasteiger partial charge in [0, 0.05) is 0 Å². The smallest absolute Gasteiger partial charge is 0.343 e. The molecule has 0 heterocycles. The third kappa shape index (κ3) is 3.76. The molecule has 0 saturated heterocycles. The lowest BCUT2D eigenvalue weighted by Gasteiger charge is -2.29. The van der Waals surface area contributed by atoms with Gasteiger partial charge in [-0.1, -0.05) is 0 Å². The van der Waals surface area contributed by atoms with Gasteiger partial charge in [0.05, 0.1) is 6.42 Å². The van der Waals surface area contributed by atoms with Crippen molar-refractivity contribution in [1.82, 2.24) is 0 Å².